The number of benzene rings is 2. The SMILES string of the molecule is Cc1ccccc1-n1nc(C(C)(C)C)cc1NC(=O)c1cccc(Cl)c1. The molecule has 0 unspecified atom stereocenters. The molecule has 0 aliphatic heterocycles. The predicted octanol–water partition coefficient (Wildman–Crippen LogP) is 5.38. The van der Waals surface area contributed by atoms with Gasteiger partial charge in [-0.1, -0.05) is 56.6 Å². The molecule has 1 heterocycles. The Balaban J connectivity index is 2.04. The van der Waals surface area contributed by atoms with E-state index in [0.717, 1.165) is 16.9 Å². The van der Waals surface area contributed by atoms with E-state index in [2.05, 4.69) is 26.1 Å². The van der Waals surface area contributed by atoms with Gasteiger partial charge >= 0.3 is 0 Å². The van der Waals surface area contributed by atoms with E-state index in [1.165, 1.54) is 0 Å². The topological polar surface area (TPSA) is 46.9 Å². The van der Waals surface area contributed by atoms with Crippen LogP contribution in [-0.4, -0.2) is 15.7 Å². The average Bonchev–Trinajstić information content (AvgIpc) is 2.99. The average molecular weight is 368 g/mol. The molecule has 0 fully saturated rings. The van der Waals surface area contributed by atoms with Gasteiger partial charge in [-0.15, -0.1) is 0 Å². The Morgan fingerprint density at radius 2 is 1.81 bits per heavy atom. The van der Waals surface area contributed by atoms with E-state index in [1.54, 1.807) is 28.9 Å². The van der Waals surface area contributed by atoms with Crippen LogP contribution in [0.15, 0.2) is 54.6 Å². The minimum absolute atomic E-state index is 0.135. The lowest BCUT2D eigenvalue weighted by atomic mass is 9.92. The molecule has 0 spiro atoms. The van der Waals surface area contributed by atoms with E-state index in [0.29, 0.717) is 16.4 Å². The van der Waals surface area contributed by atoms with Crippen molar-refractivity contribution in [3.63, 3.8) is 0 Å². The Morgan fingerprint density at radius 3 is 2.46 bits per heavy atom. The Morgan fingerprint density at radius 1 is 1.08 bits per heavy atom. The van der Waals surface area contributed by atoms with Gasteiger partial charge in [0.15, 0.2) is 0 Å². The van der Waals surface area contributed by atoms with Crippen LogP contribution in [0.25, 0.3) is 5.69 Å². The van der Waals surface area contributed by atoms with Crippen molar-refractivity contribution in [3.05, 3.63) is 76.4 Å². The molecular weight excluding hydrogens is 346 g/mol. The summed E-state index contributed by atoms with van der Waals surface area (Å²) in [6, 6.07) is 16.8. The lowest BCUT2D eigenvalue weighted by Gasteiger charge is -2.14. The normalized spacial score (nSPS) is 11.4. The van der Waals surface area contributed by atoms with Crippen molar-refractivity contribution >= 4 is 23.3 Å². The fraction of sp³-hybridized carbons (Fsp3) is 0.238. The van der Waals surface area contributed by atoms with Crippen molar-refractivity contribution in [2.45, 2.75) is 33.1 Å². The van der Waals surface area contributed by atoms with Crippen molar-refractivity contribution in [2.75, 3.05) is 5.32 Å². The number of hydrogen-bond acceptors (Lipinski definition) is 2. The molecule has 2 aromatic carbocycles. The summed E-state index contributed by atoms with van der Waals surface area (Å²) in [5, 5.41) is 8.26. The van der Waals surface area contributed by atoms with Crippen molar-refractivity contribution in [2.24, 2.45) is 0 Å². The highest BCUT2D eigenvalue weighted by Crippen LogP contribution is 2.27. The summed E-state index contributed by atoms with van der Waals surface area (Å²) in [7, 11) is 0. The van der Waals surface area contributed by atoms with Crippen LogP contribution in [0.5, 0.6) is 0 Å². The summed E-state index contributed by atoms with van der Waals surface area (Å²) in [4.78, 5) is 12.7. The van der Waals surface area contributed by atoms with E-state index < -0.39 is 0 Å². The Labute approximate surface area is 158 Å². The molecular formula is C21H22ClN3O. The van der Waals surface area contributed by atoms with Crippen molar-refractivity contribution in [1.29, 1.82) is 0 Å². The van der Waals surface area contributed by atoms with Crippen LogP contribution in [0.3, 0.4) is 0 Å². The number of hydrogen-bond donors (Lipinski definition) is 1. The molecule has 0 saturated carbocycles. The summed E-state index contributed by atoms with van der Waals surface area (Å²) >= 11 is 6.01. The highest BCUT2D eigenvalue weighted by molar-refractivity contribution is 6.31. The van der Waals surface area contributed by atoms with Gasteiger partial charge in [0.1, 0.15) is 5.82 Å². The number of halogens is 1. The van der Waals surface area contributed by atoms with E-state index >= 15 is 0 Å². The summed E-state index contributed by atoms with van der Waals surface area (Å²) in [6.45, 7) is 8.32. The van der Waals surface area contributed by atoms with Crippen LogP contribution >= 0.6 is 11.6 Å². The van der Waals surface area contributed by atoms with Gasteiger partial charge in [-0.25, -0.2) is 4.68 Å². The van der Waals surface area contributed by atoms with Gasteiger partial charge < -0.3 is 5.32 Å². The van der Waals surface area contributed by atoms with Gasteiger partial charge in [0.2, 0.25) is 0 Å². The standard InChI is InChI=1S/C21H22ClN3O/c1-14-8-5-6-11-17(14)25-19(13-18(24-25)21(2,3)4)23-20(26)15-9-7-10-16(22)12-15/h5-13H,1-4H3,(H,23,26). The van der Waals surface area contributed by atoms with Crippen molar-refractivity contribution in [3.8, 4) is 5.69 Å². The van der Waals surface area contributed by atoms with Crippen molar-refractivity contribution < 1.29 is 4.79 Å². The van der Waals surface area contributed by atoms with Crippen LogP contribution in [0.4, 0.5) is 5.82 Å². The predicted molar refractivity (Wildman–Crippen MR) is 106 cm³/mol. The number of anilines is 1. The number of rotatable bonds is 3. The zero-order valence-corrected chi connectivity index (χ0v) is 16.1. The summed E-state index contributed by atoms with van der Waals surface area (Å²) < 4.78 is 1.79. The fourth-order valence-electron chi connectivity index (χ4n) is 2.64. The Kier molecular flexibility index (Phi) is 4.88. The number of para-hydroxylation sites is 1. The maximum atomic E-state index is 12.7. The van der Waals surface area contributed by atoms with Crippen LogP contribution < -0.4 is 5.32 Å². The van der Waals surface area contributed by atoms with Gasteiger partial charge in [0.05, 0.1) is 11.4 Å². The van der Waals surface area contributed by atoms with Gasteiger partial charge in [0.25, 0.3) is 5.91 Å². The molecule has 26 heavy (non-hydrogen) atoms. The third kappa shape index (κ3) is 3.81. The van der Waals surface area contributed by atoms with Crippen LogP contribution in [0.2, 0.25) is 5.02 Å². The Hall–Kier alpha value is -2.59. The summed E-state index contributed by atoms with van der Waals surface area (Å²) in [5.41, 5.74) is 3.29. The second-order valence-electron chi connectivity index (χ2n) is 7.33. The van der Waals surface area contributed by atoms with Gasteiger partial charge in [-0.3, -0.25) is 4.79 Å². The third-order valence-corrected chi connectivity index (χ3v) is 4.38. The summed E-state index contributed by atoms with van der Waals surface area (Å²) in [6.07, 6.45) is 0. The third-order valence-electron chi connectivity index (χ3n) is 4.15. The minimum Gasteiger partial charge on any atom is -0.306 e. The molecule has 134 valence electrons. The monoisotopic (exact) mass is 367 g/mol. The maximum Gasteiger partial charge on any atom is 0.256 e. The van der Waals surface area contributed by atoms with Crippen LogP contribution in [0, 0.1) is 6.92 Å². The lowest BCUT2D eigenvalue weighted by molar-refractivity contribution is 0.102. The number of amides is 1. The largest absolute Gasteiger partial charge is 0.306 e. The van der Waals surface area contributed by atoms with Crippen molar-refractivity contribution in [1.82, 2.24) is 9.78 Å². The second-order valence-corrected chi connectivity index (χ2v) is 7.76. The molecule has 3 rings (SSSR count). The number of nitrogens with one attached hydrogen (secondary N) is 1. The maximum absolute atomic E-state index is 12.7. The fourth-order valence-corrected chi connectivity index (χ4v) is 2.83. The number of carbonyl (C=O) groups excluding carboxylic acids is 1. The smallest absolute Gasteiger partial charge is 0.256 e. The first-order valence-electron chi connectivity index (χ1n) is 8.49. The molecule has 4 nitrogen and oxygen atoms in total. The van der Waals surface area contributed by atoms with Gasteiger partial charge in [-0.05, 0) is 36.8 Å². The molecule has 0 aliphatic rings. The highest BCUT2D eigenvalue weighted by atomic mass is 35.5. The summed E-state index contributed by atoms with van der Waals surface area (Å²) in [5.74, 6) is 0.414. The molecule has 0 atom stereocenters. The quantitative estimate of drug-likeness (QED) is 0.675. The molecule has 0 saturated heterocycles. The number of aromatic nitrogens is 2. The first-order valence-corrected chi connectivity index (χ1v) is 8.87. The minimum atomic E-state index is -0.220. The zero-order valence-electron chi connectivity index (χ0n) is 15.4. The molecule has 0 radical (unpaired) electrons. The lowest BCUT2D eigenvalue weighted by Crippen LogP contribution is -2.15. The van der Waals surface area contributed by atoms with Gasteiger partial charge in [-0.2, -0.15) is 5.10 Å². The van der Waals surface area contributed by atoms with Gasteiger partial charge in [0, 0.05) is 22.1 Å². The zero-order chi connectivity index (χ0) is 18.9. The molecule has 1 aromatic heterocycles. The van der Waals surface area contributed by atoms with E-state index in [4.69, 9.17) is 16.7 Å². The van der Waals surface area contributed by atoms with Crippen LogP contribution in [0.1, 0.15) is 42.4 Å². The molecule has 0 bridgehead atoms. The van der Waals surface area contributed by atoms with E-state index in [1.807, 2.05) is 37.3 Å². The number of carbonyl (C=O) groups is 1. The number of nitrogens with zero attached hydrogens (tertiary/aromatic N) is 2. The second kappa shape index (κ2) is 6.96. The Bertz CT molecular complexity index is 954. The molecule has 5 heteroatoms. The van der Waals surface area contributed by atoms with Crippen LogP contribution in [-0.2, 0) is 5.41 Å². The van der Waals surface area contributed by atoms with E-state index in [-0.39, 0.29) is 11.3 Å². The van der Waals surface area contributed by atoms with E-state index in [9.17, 15) is 4.79 Å². The first kappa shape index (κ1) is 18.2. The molecule has 1 N–H and O–H groups in total. The molecule has 3 aromatic rings. The molecule has 0 aliphatic carbocycles. The molecule has 1 amide bonds. The number of aryl methyl sites for hydroxylation is 1. The highest BCUT2D eigenvalue weighted by Gasteiger charge is 2.22. The first-order chi connectivity index (χ1) is 12.3.